The summed E-state index contributed by atoms with van der Waals surface area (Å²) in [6.07, 6.45) is 8.45. The average molecular weight is 357 g/mol. The van der Waals surface area contributed by atoms with E-state index in [0.29, 0.717) is 12.4 Å². The molecule has 4 nitrogen and oxygen atoms in total. The molecule has 142 valence electrons. The monoisotopic (exact) mass is 357 g/mol. The Hall–Kier alpha value is -2.02. The summed E-state index contributed by atoms with van der Waals surface area (Å²) in [4.78, 5) is 12.4. The summed E-state index contributed by atoms with van der Waals surface area (Å²) in [6, 6.07) is 9.74. The minimum Gasteiger partial charge on any atom is -0.494 e. The number of hydrogen-bond donors (Lipinski definition) is 0. The van der Waals surface area contributed by atoms with Gasteiger partial charge in [-0.05, 0) is 62.8 Å². The maximum absolute atomic E-state index is 12.4. The third-order valence-electron chi connectivity index (χ3n) is 5.29. The number of esters is 1. The molecule has 0 aliphatic heterocycles. The van der Waals surface area contributed by atoms with Gasteiger partial charge in [-0.3, -0.25) is 4.79 Å². The van der Waals surface area contributed by atoms with Crippen molar-refractivity contribution in [3.8, 4) is 17.6 Å². The molecule has 1 aliphatic carbocycles. The smallest absolute Gasteiger partial charge is 0.314 e. The van der Waals surface area contributed by atoms with Gasteiger partial charge in [0, 0.05) is 0 Å². The van der Waals surface area contributed by atoms with Crippen molar-refractivity contribution in [3.63, 3.8) is 0 Å². The molecule has 0 aromatic heterocycles. The van der Waals surface area contributed by atoms with Crippen LogP contribution in [0, 0.1) is 22.7 Å². The standard InChI is InChI=1S/C22H31NO3/c1-3-5-6-13-22(17-23)14-11-18(12-15-22)21(24)26-20-9-7-19(8-10-20)25-16-4-2/h7-10,18H,3-6,11-16H2,1-2H3/t18-,22+. The first-order chi connectivity index (χ1) is 12.6. The lowest BCUT2D eigenvalue weighted by molar-refractivity contribution is -0.140. The molecule has 1 aromatic carbocycles. The zero-order valence-corrected chi connectivity index (χ0v) is 16.1. The van der Waals surface area contributed by atoms with Crippen LogP contribution in [-0.4, -0.2) is 12.6 Å². The van der Waals surface area contributed by atoms with Gasteiger partial charge >= 0.3 is 5.97 Å². The Bertz CT molecular complexity index is 595. The van der Waals surface area contributed by atoms with Crippen molar-refractivity contribution in [1.82, 2.24) is 0 Å². The van der Waals surface area contributed by atoms with Crippen molar-refractivity contribution in [3.05, 3.63) is 24.3 Å². The number of unbranched alkanes of at least 4 members (excludes halogenated alkanes) is 2. The second kappa shape index (κ2) is 10.2. The Morgan fingerprint density at radius 1 is 1.12 bits per heavy atom. The lowest BCUT2D eigenvalue weighted by Crippen LogP contribution is -2.31. The quantitative estimate of drug-likeness (QED) is 0.325. The highest BCUT2D eigenvalue weighted by Crippen LogP contribution is 2.42. The predicted octanol–water partition coefficient (Wildman–Crippen LogP) is 5.66. The molecule has 0 saturated heterocycles. The summed E-state index contributed by atoms with van der Waals surface area (Å²) in [5.41, 5.74) is -0.232. The molecule has 0 atom stereocenters. The second-order valence-corrected chi connectivity index (χ2v) is 7.36. The van der Waals surface area contributed by atoms with Crippen molar-refractivity contribution in [1.29, 1.82) is 5.26 Å². The number of nitriles is 1. The van der Waals surface area contributed by atoms with Gasteiger partial charge in [-0.2, -0.15) is 5.26 Å². The number of ether oxygens (including phenoxy) is 2. The van der Waals surface area contributed by atoms with Gasteiger partial charge in [-0.1, -0.05) is 33.1 Å². The number of rotatable bonds is 9. The average Bonchev–Trinajstić information content (AvgIpc) is 2.68. The van der Waals surface area contributed by atoms with E-state index in [4.69, 9.17) is 9.47 Å². The van der Waals surface area contributed by atoms with Crippen LogP contribution in [-0.2, 0) is 4.79 Å². The fourth-order valence-corrected chi connectivity index (χ4v) is 3.56. The van der Waals surface area contributed by atoms with Crippen molar-refractivity contribution in [2.24, 2.45) is 11.3 Å². The van der Waals surface area contributed by atoms with Crippen LogP contribution in [0.5, 0.6) is 11.5 Å². The van der Waals surface area contributed by atoms with E-state index in [1.807, 2.05) is 12.1 Å². The summed E-state index contributed by atoms with van der Waals surface area (Å²) >= 11 is 0. The Balaban J connectivity index is 1.83. The van der Waals surface area contributed by atoms with E-state index in [1.165, 1.54) is 12.8 Å². The highest BCUT2D eigenvalue weighted by Gasteiger charge is 2.37. The Morgan fingerprint density at radius 2 is 1.77 bits per heavy atom. The highest BCUT2D eigenvalue weighted by atomic mass is 16.5. The summed E-state index contributed by atoms with van der Waals surface area (Å²) in [5, 5.41) is 9.61. The van der Waals surface area contributed by atoms with Crippen LogP contribution >= 0.6 is 0 Å². The molecule has 1 fully saturated rings. The summed E-state index contributed by atoms with van der Waals surface area (Å²) < 4.78 is 11.1. The Kier molecular flexibility index (Phi) is 7.97. The SMILES string of the molecule is CCCCC[C@]1(C#N)CC[C@@H](C(=O)Oc2ccc(OCCC)cc2)CC1. The van der Waals surface area contributed by atoms with Crippen molar-refractivity contribution >= 4 is 5.97 Å². The van der Waals surface area contributed by atoms with Gasteiger partial charge in [0.1, 0.15) is 11.5 Å². The molecule has 0 bridgehead atoms. The number of carbonyl (C=O) groups is 1. The van der Waals surface area contributed by atoms with E-state index in [9.17, 15) is 10.1 Å². The molecule has 0 amide bonds. The summed E-state index contributed by atoms with van der Waals surface area (Å²) in [6.45, 7) is 4.92. The fourth-order valence-electron chi connectivity index (χ4n) is 3.56. The molecular weight excluding hydrogens is 326 g/mol. The number of carbonyl (C=O) groups excluding carboxylic acids is 1. The van der Waals surface area contributed by atoms with Gasteiger partial charge in [0.2, 0.25) is 0 Å². The molecule has 1 aromatic rings. The van der Waals surface area contributed by atoms with Crippen LogP contribution in [0.1, 0.15) is 71.6 Å². The molecule has 0 unspecified atom stereocenters. The molecule has 0 heterocycles. The minimum atomic E-state index is -0.232. The predicted molar refractivity (Wildman–Crippen MR) is 102 cm³/mol. The molecule has 2 rings (SSSR count). The second-order valence-electron chi connectivity index (χ2n) is 7.36. The maximum Gasteiger partial charge on any atom is 0.314 e. The first kappa shape index (κ1) is 20.3. The van der Waals surface area contributed by atoms with E-state index in [-0.39, 0.29) is 17.3 Å². The highest BCUT2D eigenvalue weighted by molar-refractivity contribution is 5.75. The Morgan fingerprint density at radius 3 is 2.35 bits per heavy atom. The van der Waals surface area contributed by atoms with Gasteiger partial charge < -0.3 is 9.47 Å². The van der Waals surface area contributed by atoms with E-state index in [2.05, 4.69) is 19.9 Å². The van der Waals surface area contributed by atoms with Crippen LogP contribution in [0.25, 0.3) is 0 Å². The van der Waals surface area contributed by atoms with Crippen LogP contribution in [0.3, 0.4) is 0 Å². The van der Waals surface area contributed by atoms with Gasteiger partial charge in [0.05, 0.1) is 24.0 Å². The van der Waals surface area contributed by atoms with Gasteiger partial charge in [-0.25, -0.2) is 0 Å². The largest absolute Gasteiger partial charge is 0.494 e. The van der Waals surface area contributed by atoms with Crippen molar-refractivity contribution in [2.45, 2.75) is 71.6 Å². The molecule has 0 radical (unpaired) electrons. The first-order valence-electron chi connectivity index (χ1n) is 9.98. The van der Waals surface area contributed by atoms with Gasteiger partial charge in [-0.15, -0.1) is 0 Å². The van der Waals surface area contributed by atoms with Crippen LogP contribution < -0.4 is 9.47 Å². The van der Waals surface area contributed by atoms with E-state index < -0.39 is 0 Å². The number of nitrogens with zero attached hydrogens (tertiary/aromatic N) is 1. The van der Waals surface area contributed by atoms with Gasteiger partial charge in [0.25, 0.3) is 0 Å². The van der Waals surface area contributed by atoms with E-state index in [0.717, 1.165) is 50.7 Å². The van der Waals surface area contributed by atoms with E-state index >= 15 is 0 Å². The third kappa shape index (κ3) is 5.76. The van der Waals surface area contributed by atoms with Crippen molar-refractivity contribution < 1.29 is 14.3 Å². The lowest BCUT2D eigenvalue weighted by atomic mass is 9.69. The van der Waals surface area contributed by atoms with Crippen molar-refractivity contribution in [2.75, 3.05) is 6.61 Å². The molecule has 1 saturated carbocycles. The summed E-state index contributed by atoms with van der Waals surface area (Å²) in [7, 11) is 0. The topological polar surface area (TPSA) is 59.3 Å². The Labute approximate surface area is 157 Å². The maximum atomic E-state index is 12.4. The van der Waals surface area contributed by atoms with Gasteiger partial charge in [0.15, 0.2) is 0 Å². The summed E-state index contributed by atoms with van der Waals surface area (Å²) in [5.74, 6) is 1.07. The van der Waals surface area contributed by atoms with Crippen LogP contribution in [0.4, 0.5) is 0 Å². The zero-order chi connectivity index (χ0) is 18.8. The third-order valence-corrected chi connectivity index (χ3v) is 5.29. The molecule has 4 heteroatoms. The van der Waals surface area contributed by atoms with Crippen LogP contribution in [0.15, 0.2) is 24.3 Å². The molecule has 1 aliphatic rings. The lowest BCUT2D eigenvalue weighted by Gasteiger charge is -2.34. The number of benzene rings is 1. The minimum absolute atomic E-state index is 0.0985. The molecular formula is C22H31NO3. The molecule has 0 N–H and O–H groups in total. The first-order valence-corrected chi connectivity index (χ1v) is 9.98. The normalized spacial score (nSPS) is 22.4. The zero-order valence-electron chi connectivity index (χ0n) is 16.1. The van der Waals surface area contributed by atoms with E-state index in [1.54, 1.807) is 12.1 Å². The molecule has 0 spiro atoms. The fraction of sp³-hybridized carbons (Fsp3) is 0.636. The molecule has 26 heavy (non-hydrogen) atoms. The number of hydrogen-bond acceptors (Lipinski definition) is 4. The van der Waals surface area contributed by atoms with Crippen LogP contribution in [0.2, 0.25) is 0 Å².